The van der Waals surface area contributed by atoms with Gasteiger partial charge in [-0.3, -0.25) is 29.1 Å². The van der Waals surface area contributed by atoms with E-state index in [1.165, 1.54) is 0 Å². The van der Waals surface area contributed by atoms with Crippen LogP contribution in [0.1, 0.15) is 31.8 Å². The molecule has 0 bridgehead atoms. The first-order chi connectivity index (χ1) is 14.3. The number of benzene rings is 2. The predicted molar refractivity (Wildman–Crippen MR) is 113 cm³/mol. The van der Waals surface area contributed by atoms with Crippen LogP contribution in [0.4, 0.5) is 5.82 Å². The number of hydrogen-bond acceptors (Lipinski definition) is 5. The highest BCUT2D eigenvalue weighted by Gasteiger charge is 2.32. The predicted octanol–water partition coefficient (Wildman–Crippen LogP) is 1.91. The van der Waals surface area contributed by atoms with E-state index in [-0.39, 0.29) is 22.4 Å². The first-order valence-electron chi connectivity index (χ1n) is 9.25. The van der Waals surface area contributed by atoms with Gasteiger partial charge in [-0.05, 0) is 43.2 Å². The van der Waals surface area contributed by atoms with Gasteiger partial charge in [-0.15, -0.1) is 0 Å². The summed E-state index contributed by atoms with van der Waals surface area (Å²) < 4.78 is 1.14. The molecular weight excluding hydrogens is 384 g/mol. The third-order valence-corrected chi connectivity index (χ3v) is 5.45. The normalized spacial score (nSPS) is 13.1. The monoisotopic (exact) mass is 400 g/mol. The van der Waals surface area contributed by atoms with E-state index in [1.807, 2.05) is 26.0 Å². The third-order valence-electron chi connectivity index (χ3n) is 5.45. The number of nitrogens with two attached hydrogens (primary N) is 1. The van der Waals surface area contributed by atoms with Gasteiger partial charge in [-0.2, -0.15) is 0 Å². The molecule has 0 radical (unpaired) electrons. The summed E-state index contributed by atoms with van der Waals surface area (Å²) in [7, 11) is 0. The molecule has 4 aromatic rings. The third kappa shape index (κ3) is 2.27. The van der Waals surface area contributed by atoms with Crippen LogP contribution in [0, 0.1) is 13.8 Å². The second-order valence-electron chi connectivity index (χ2n) is 7.43. The molecule has 30 heavy (non-hydrogen) atoms. The maximum atomic E-state index is 13.2. The molecule has 2 amide bonds. The van der Waals surface area contributed by atoms with E-state index in [1.54, 1.807) is 18.2 Å². The van der Waals surface area contributed by atoms with Gasteiger partial charge in [-0.25, -0.2) is 0 Å². The van der Waals surface area contributed by atoms with Gasteiger partial charge >= 0.3 is 0 Å². The lowest BCUT2D eigenvalue weighted by atomic mass is 10.0. The Bertz CT molecular complexity index is 1580. The molecule has 0 saturated carbocycles. The number of amides is 2. The van der Waals surface area contributed by atoms with Gasteiger partial charge in [0.2, 0.25) is 0 Å². The van der Waals surface area contributed by atoms with Gasteiger partial charge in [-0.1, -0.05) is 12.1 Å². The maximum Gasteiger partial charge on any atom is 0.262 e. The van der Waals surface area contributed by atoms with Crippen molar-refractivity contribution in [3.8, 4) is 5.69 Å². The van der Waals surface area contributed by atoms with E-state index >= 15 is 0 Å². The van der Waals surface area contributed by atoms with Crippen molar-refractivity contribution in [1.29, 1.82) is 0 Å². The average molecular weight is 400 g/mol. The van der Waals surface area contributed by atoms with Crippen molar-refractivity contribution in [3.63, 3.8) is 0 Å². The summed E-state index contributed by atoms with van der Waals surface area (Å²) in [5.41, 5.74) is 8.53. The highest BCUT2D eigenvalue weighted by molar-refractivity contribution is 6.23. The molecule has 1 aliphatic rings. The van der Waals surface area contributed by atoms with Crippen molar-refractivity contribution in [3.05, 3.63) is 79.2 Å². The second-order valence-corrected chi connectivity index (χ2v) is 7.43. The van der Waals surface area contributed by atoms with Gasteiger partial charge in [0.25, 0.3) is 17.4 Å². The number of carbonyl (C=O) groups excluding carboxylic acids is 2. The van der Waals surface area contributed by atoms with Crippen molar-refractivity contribution in [1.82, 2.24) is 14.9 Å². The summed E-state index contributed by atoms with van der Waals surface area (Å²) in [5, 5.41) is 3.11. The van der Waals surface area contributed by atoms with Crippen molar-refractivity contribution < 1.29 is 9.59 Å². The van der Waals surface area contributed by atoms with Crippen LogP contribution in [0.5, 0.6) is 0 Å². The number of aromatic nitrogens is 2. The van der Waals surface area contributed by atoms with Crippen LogP contribution in [-0.4, -0.2) is 21.4 Å². The lowest BCUT2D eigenvalue weighted by molar-refractivity contribution is 0.0880. The number of pyridine rings is 2. The van der Waals surface area contributed by atoms with E-state index in [2.05, 4.69) is 10.3 Å². The van der Waals surface area contributed by atoms with Gasteiger partial charge in [0.15, 0.2) is 5.43 Å². The molecule has 3 heterocycles. The van der Waals surface area contributed by atoms with Crippen LogP contribution in [0.3, 0.4) is 0 Å². The molecule has 0 aliphatic carbocycles. The Hall–Kier alpha value is -4.20. The molecule has 8 nitrogen and oxygen atoms in total. The topological polar surface area (TPSA) is 127 Å². The smallest absolute Gasteiger partial charge is 0.262 e. The number of H-pyrrole nitrogens is 1. The van der Waals surface area contributed by atoms with Crippen molar-refractivity contribution >= 4 is 39.4 Å². The fourth-order valence-corrected chi connectivity index (χ4v) is 4.21. The summed E-state index contributed by atoms with van der Waals surface area (Å²) in [6.45, 7) is 3.80. The minimum atomic E-state index is -0.660. The van der Waals surface area contributed by atoms with Gasteiger partial charge < -0.3 is 10.7 Å². The Morgan fingerprint density at radius 2 is 1.73 bits per heavy atom. The zero-order valence-electron chi connectivity index (χ0n) is 16.1. The van der Waals surface area contributed by atoms with E-state index < -0.39 is 17.4 Å². The van der Waals surface area contributed by atoms with Crippen LogP contribution < -0.4 is 22.0 Å². The lowest BCUT2D eigenvalue weighted by Crippen LogP contribution is -2.24. The molecule has 8 heteroatoms. The first kappa shape index (κ1) is 17.9. The number of rotatable bonds is 1. The van der Waals surface area contributed by atoms with E-state index in [0.29, 0.717) is 27.5 Å². The van der Waals surface area contributed by atoms with Crippen LogP contribution >= 0.6 is 0 Å². The molecule has 2 aromatic heterocycles. The number of anilines is 1. The molecule has 0 atom stereocenters. The summed E-state index contributed by atoms with van der Waals surface area (Å²) >= 11 is 0. The Morgan fingerprint density at radius 3 is 2.50 bits per heavy atom. The number of imide groups is 1. The number of hydrogen-bond donors (Lipinski definition) is 3. The Kier molecular flexibility index (Phi) is 3.51. The van der Waals surface area contributed by atoms with Crippen LogP contribution in [0.25, 0.3) is 27.5 Å². The highest BCUT2D eigenvalue weighted by atomic mass is 16.2. The van der Waals surface area contributed by atoms with Crippen LogP contribution in [-0.2, 0) is 0 Å². The van der Waals surface area contributed by atoms with Crippen LogP contribution in [0.15, 0.2) is 46.0 Å². The number of aryl methyl sites for hydroxylation is 2. The molecular formula is C22H16N4O4. The number of aromatic amines is 1. The Morgan fingerprint density at radius 1 is 0.967 bits per heavy atom. The summed E-state index contributed by atoms with van der Waals surface area (Å²) in [5.74, 6) is -1.48. The summed E-state index contributed by atoms with van der Waals surface area (Å²) in [6.07, 6.45) is 0. The maximum absolute atomic E-state index is 13.2. The number of fused-ring (bicyclic) bond motifs is 3. The zero-order chi connectivity index (χ0) is 21.3. The van der Waals surface area contributed by atoms with Crippen molar-refractivity contribution in [2.24, 2.45) is 0 Å². The van der Waals surface area contributed by atoms with Crippen molar-refractivity contribution in [2.45, 2.75) is 13.8 Å². The number of carbonyl (C=O) groups is 2. The molecule has 5 rings (SSSR count). The summed E-state index contributed by atoms with van der Waals surface area (Å²) in [4.78, 5) is 53.4. The minimum absolute atomic E-state index is 0.0496. The molecule has 0 fully saturated rings. The van der Waals surface area contributed by atoms with Gasteiger partial charge in [0.05, 0.1) is 27.8 Å². The Labute approximate surface area is 168 Å². The van der Waals surface area contributed by atoms with Gasteiger partial charge in [0, 0.05) is 16.8 Å². The standard InChI is InChI=1S/C22H16N4O4/c1-9-6-10(2)16-13(7-9)24-18-11(19(16)28)4-3-5-14(18)26-15(27)8-12-17(20(26)23)22(30)25-21(12)29/h3-8H,23H2,1-2H3,(H,24,28)(H,25,29,30). The van der Waals surface area contributed by atoms with Crippen LogP contribution in [0.2, 0.25) is 0 Å². The van der Waals surface area contributed by atoms with E-state index in [4.69, 9.17) is 5.73 Å². The van der Waals surface area contributed by atoms with E-state index in [9.17, 15) is 19.2 Å². The minimum Gasteiger partial charge on any atom is -0.384 e. The highest BCUT2D eigenvalue weighted by Crippen LogP contribution is 2.27. The number of nitrogen functional groups attached to an aromatic ring is 1. The van der Waals surface area contributed by atoms with Gasteiger partial charge in [0.1, 0.15) is 5.82 Å². The average Bonchev–Trinajstić information content (AvgIpc) is 2.95. The first-order valence-corrected chi connectivity index (χ1v) is 9.25. The fraction of sp³-hybridized carbons (Fsp3) is 0.0909. The largest absolute Gasteiger partial charge is 0.384 e. The lowest BCUT2D eigenvalue weighted by Gasteiger charge is -2.15. The van der Waals surface area contributed by atoms with Crippen molar-refractivity contribution in [2.75, 3.05) is 5.73 Å². The van der Waals surface area contributed by atoms with E-state index in [0.717, 1.165) is 21.8 Å². The fourth-order valence-electron chi connectivity index (χ4n) is 4.21. The zero-order valence-corrected chi connectivity index (χ0v) is 16.1. The molecule has 2 aromatic carbocycles. The molecule has 0 unspecified atom stereocenters. The number of para-hydroxylation sites is 1. The molecule has 0 spiro atoms. The summed E-state index contributed by atoms with van der Waals surface area (Å²) in [6, 6.07) is 9.82. The SMILES string of the molecule is Cc1cc(C)c2c(=O)c3cccc(-n4c(N)c5c(cc4=O)C(=O)NC5=O)c3[nH]c2c1. The molecule has 1 aliphatic heterocycles. The Balaban J connectivity index is 1.94. The molecule has 4 N–H and O–H groups in total. The number of nitrogens with one attached hydrogen (secondary N) is 2. The number of nitrogens with zero attached hydrogens (tertiary/aromatic N) is 1. The quantitative estimate of drug-likeness (QED) is 0.332. The second kappa shape index (κ2) is 5.90. The molecule has 148 valence electrons. The molecule has 0 saturated heterocycles.